The van der Waals surface area contributed by atoms with Crippen LogP contribution in [0, 0.1) is 10.8 Å². The van der Waals surface area contributed by atoms with Crippen LogP contribution in [0.3, 0.4) is 0 Å². The van der Waals surface area contributed by atoms with Crippen LogP contribution in [0.5, 0.6) is 0 Å². The number of halogens is 1. The average molecular weight is 299 g/mol. The summed E-state index contributed by atoms with van der Waals surface area (Å²) in [6.45, 7) is 13.6. The third-order valence-corrected chi connectivity index (χ3v) is 4.13. The van der Waals surface area contributed by atoms with Crippen molar-refractivity contribution in [3.63, 3.8) is 0 Å². The van der Waals surface area contributed by atoms with Crippen LogP contribution in [0.4, 0.5) is 3.89 Å². The molecule has 4 heteroatoms. The molecule has 1 amide bonds. The summed E-state index contributed by atoms with van der Waals surface area (Å²) in [6.07, 6.45) is 0. The Hall–Kier alpha value is -1.03. The summed E-state index contributed by atoms with van der Waals surface area (Å²) in [7, 11) is 1.56. The van der Waals surface area contributed by atoms with Crippen LogP contribution in [-0.2, 0) is 0 Å². The van der Waals surface area contributed by atoms with Crippen molar-refractivity contribution in [2.45, 2.75) is 46.4 Å². The molecule has 0 heterocycles. The maximum atomic E-state index is 12.0. The summed E-state index contributed by atoms with van der Waals surface area (Å²) in [5.41, 5.74) is 1.41. The van der Waals surface area contributed by atoms with Crippen LogP contribution in [0.1, 0.15) is 51.9 Å². The molecule has 0 aliphatic rings. The van der Waals surface area contributed by atoms with E-state index in [1.807, 2.05) is 0 Å². The molecule has 20 heavy (non-hydrogen) atoms. The lowest BCUT2D eigenvalue weighted by molar-refractivity contribution is 0.0963. The van der Waals surface area contributed by atoms with E-state index in [0.29, 0.717) is 21.3 Å². The second-order valence-electron chi connectivity index (χ2n) is 6.68. The van der Waals surface area contributed by atoms with Crippen molar-refractivity contribution in [3.05, 3.63) is 29.8 Å². The molecule has 1 aromatic carbocycles. The fourth-order valence-corrected chi connectivity index (χ4v) is 1.04. The Labute approximate surface area is 126 Å². The van der Waals surface area contributed by atoms with Gasteiger partial charge in [0.25, 0.3) is 5.91 Å². The fraction of sp³-hybridized carbons (Fsp3) is 0.562. The molecule has 0 spiro atoms. The van der Waals surface area contributed by atoms with Gasteiger partial charge in [0, 0.05) is 17.5 Å². The molecule has 1 aromatic rings. The zero-order valence-electron chi connectivity index (χ0n) is 13.5. The molecular weight excluding hydrogens is 273 g/mol. The van der Waals surface area contributed by atoms with Gasteiger partial charge < -0.3 is 5.32 Å². The summed E-state index contributed by atoms with van der Waals surface area (Å²) in [6, 6.07) is 6.30. The predicted molar refractivity (Wildman–Crippen MR) is 85.7 cm³/mol. The minimum Gasteiger partial charge on any atom is -0.355 e. The Kier molecular flexibility index (Phi) is 7.28. The van der Waals surface area contributed by atoms with Gasteiger partial charge in [0.1, 0.15) is 0 Å². The van der Waals surface area contributed by atoms with E-state index in [9.17, 15) is 8.68 Å². The lowest BCUT2D eigenvalue weighted by atomic mass is 9.71. The molecule has 114 valence electrons. The highest BCUT2D eigenvalue weighted by atomic mass is 32.2. The maximum absolute atomic E-state index is 12.0. The van der Waals surface area contributed by atoms with Crippen LogP contribution >= 0.6 is 12.1 Å². The molecule has 0 saturated carbocycles. The smallest absolute Gasteiger partial charge is 0.251 e. The van der Waals surface area contributed by atoms with Crippen molar-refractivity contribution >= 4 is 18.1 Å². The monoisotopic (exact) mass is 299 g/mol. The lowest BCUT2D eigenvalue weighted by Crippen LogP contribution is -2.25. The number of carbonyl (C=O) groups is 1. The largest absolute Gasteiger partial charge is 0.355 e. The second kappa shape index (κ2) is 7.67. The molecule has 0 aliphatic carbocycles. The summed E-state index contributed by atoms with van der Waals surface area (Å²) in [5.74, 6) is -0.162. The Balaban J connectivity index is 0.000000396. The molecule has 1 N–H and O–H groups in total. The van der Waals surface area contributed by atoms with E-state index in [4.69, 9.17) is 0 Å². The van der Waals surface area contributed by atoms with Crippen molar-refractivity contribution in [1.82, 2.24) is 5.32 Å². The first-order valence-electron chi connectivity index (χ1n) is 6.63. The molecule has 2 nitrogen and oxygen atoms in total. The second-order valence-corrected chi connectivity index (χ2v) is 7.31. The van der Waals surface area contributed by atoms with E-state index < -0.39 is 0 Å². The topological polar surface area (TPSA) is 29.1 Å². The van der Waals surface area contributed by atoms with Gasteiger partial charge in [-0.1, -0.05) is 41.5 Å². The van der Waals surface area contributed by atoms with E-state index in [-0.39, 0.29) is 18.1 Å². The molecule has 0 saturated heterocycles. The summed E-state index contributed by atoms with van der Waals surface area (Å²) >= 11 is 0.165. The number of amides is 1. The number of nitrogens with one attached hydrogen (secondary N) is 1. The van der Waals surface area contributed by atoms with Crippen molar-refractivity contribution in [1.29, 1.82) is 0 Å². The standard InChI is InChI=1S/C8H8FNOS.C8H18/c1-10-8(11)6-2-4-7(12-9)5-3-6;1-7(2,3)8(4,5)6/h2-5H,1H3,(H,10,11);1-6H3. The van der Waals surface area contributed by atoms with Gasteiger partial charge in [-0.05, 0) is 35.1 Å². The van der Waals surface area contributed by atoms with Crippen molar-refractivity contribution in [3.8, 4) is 0 Å². The van der Waals surface area contributed by atoms with Gasteiger partial charge in [0.05, 0.1) is 12.1 Å². The molecule has 1 rings (SSSR count). The number of benzene rings is 1. The number of hydrogen-bond donors (Lipinski definition) is 1. The van der Waals surface area contributed by atoms with E-state index in [1.165, 1.54) is 0 Å². The molecule has 0 atom stereocenters. The minimum absolute atomic E-state index is 0.162. The highest BCUT2D eigenvalue weighted by Gasteiger charge is 2.26. The number of carbonyl (C=O) groups excluding carboxylic acids is 1. The molecule has 0 aliphatic heterocycles. The van der Waals surface area contributed by atoms with Gasteiger partial charge in [-0.3, -0.25) is 4.79 Å². The van der Waals surface area contributed by atoms with Gasteiger partial charge in [0.2, 0.25) is 0 Å². The Morgan fingerprint density at radius 3 is 1.65 bits per heavy atom. The first-order valence-corrected chi connectivity index (χ1v) is 7.35. The third-order valence-electron chi connectivity index (χ3n) is 3.68. The van der Waals surface area contributed by atoms with Gasteiger partial charge in [-0.25, -0.2) is 0 Å². The quantitative estimate of drug-likeness (QED) is 0.823. The molecule has 0 bridgehead atoms. The molecule has 0 unspecified atom stereocenters. The van der Waals surface area contributed by atoms with Crippen LogP contribution in [0.25, 0.3) is 0 Å². The number of rotatable bonds is 2. The average Bonchev–Trinajstić information content (AvgIpc) is 2.36. The SMILES string of the molecule is CC(C)(C)C(C)(C)C.CNC(=O)c1ccc(SF)cc1. The normalized spacial score (nSPS) is 11.4. The van der Waals surface area contributed by atoms with Gasteiger partial charge >= 0.3 is 0 Å². The third kappa shape index (κ3) is 6.42. The van der Waals surface area contributed by atoms with Crippen molar-refractivity contribution in [2.24, 2.45) is 10.8 Å². The summed E-state index contributed by atoms with van der Waals surface area (Å²) < 4.78 is 12.0. The fourth-order valence-electron chi connectivity index (χ4n) is 0.802. The van der Waals surface area contributed by atoms with Gasteiger partial charge in [-0.2, -0.15) is 3.89 Å². The minimum atomic E-state index is -0.162. The molecule has 0 aromatic heterocycles. The predicted octanol–water partition coefficient (Wildman–Crippen LogP) is 5.10. The van der Waals surface area contributed by atoms with Crippen LogP contribution < -0.4 is 5.32 Å². The highest BCUT2D eigenvalue weighted by molar-refractivity contribution is 7.94. The van der Waals surface area contributed by atoms with Crippen LogP contribution in [0.15, 0.2) is 29.2 Å². The first kappa shape index (κ1) is 19.0. The van der Waals surface area contributed by atoms with Crippen molar-refractivity contribution in [2.75, 3.05) is 7.05 Å². The highest BCUT2D eigenvalue weighted by Crippen LogP contribution is 2.36. The zero-order chi connectivity index (χ0) is 16.0. The zero-order valence-corrected chi connectivity index (χ0v) is 14.3. The maximum Gasteiger partial charge on any atom is 0.251 e. The van der Waals surface area contributed by atoms with Gasteiger partial charge in [0.15, 0.2) is 0 Å². The van der Waals surface area contributed by atoms with E-state index >= 15 is 0 Å². The van der Waals surface area contributed by atoms with Crippen LogP contribution in [-0.4, -0.2) is 13.0 Å². The first-order chi connectivity index (χ1) is 9.02. The Morgan fingerprint density at radius 1 is 1.00 bits per heavy atom. The van der Waals surface area contributed by atoms with E-state index in [1.54, 1.807) is 31.3 Å². The Bertz CT molecular complexity index is 404. The molecule has 0 fully saturated rings. The number of hydrogen-bond acceptors (Lipinski definition) is 2. The van der Waals surface area contributed by atoms with Gasteiger partial charge in [-0.15, -0.1) is 0 Å². The van der Waals surface area contributed by atoms with E-state index in [0.717, 1.165) is 0 Å². The molecule has 0 radical (unpaired) electrons. The lowest BCUT2D eigenvalue weighted by Gasteiger charge is -2.34. The van der Waals surface area contributed by atoms with Crippen molar-refractivity contribution < 1.29 is 8.68 Å². The van der Waals surface area contributed by atoms with E-state index in [2.05, 4.69) is 46.9 Å². The van der Waals surface area contributed by atoms with Crippen LogP contribution in [0.2, 0.25) is 0 Å². The summed E-state index contributed by atoms with van der Waals surface area (Å²) in [4.78, 5) is 11.5. The molecular formula is C16H26FNOS. The summed E-state index contributed by atoms with van der Waals surface area (Å²) in [5, 5.41) is 2.48. The Morgan fingerprint density at radius 2 is 1.40 bits per heavy atom.